The topological polar surface area (TPSA) is 70.7 Å². The Morgan fingerprint density at radius 3 is 2.71 bits per heavy atom. The lowest BCUT2D eigenvalue weighted by atomic mass is 9.96. The number of hydrogen-bond donors (Lipinski definition) is 1. The second-order valence-corrected chi connectivity index (χ2v) is 8.86. The van der Waals surface area contributed by atoms with Gasteiger partial charge in [0.1, 0.15) is 11.4 Å². The summed E-state index contributed by atoms with van der Waals surface area (Å²) >= 11 is 0. The van der Waals surface area contributed by atoms with E-state index in [1.54, 1.807) is 0 Å². The van der Waals surface area contributed by atoms with Crippen molar-refractivity contribution >= 4 is 5.91 Å². The fourth-order valence-electron chi connectivity index (χ4n) is 4.77. The predicted octanol–water partition coefficient (Wildman–Crippen LogP) is 4.13. The molecule has 1 fully saturated rings. The van der Waals surface area contributed by atoms with Gasteiger partial charge in [-0.05, 0) is 24.1 Å². The first-order valence-electron chi connectivity index (χ1n) is 12.2. The molecule has 7 nitrogen and oxygen atoms in total. The average Bonchev–Trinajstić information content (AvgIpc) is 3.43. The van der Waals surface area contributed by atoms with Crippen LogP contribution in [0.25, 0.3) is 11.3 Å². The third-order valence-electron chi connectivity index (χ3n) is 6.61. The molecule has 0 saturated carbocycles. The van der Waals surface area contributed by atoms with E-state index in [-0.39, 0.29) is 11.9 Å². The molecule has 0 spiro atoms. The minimum atomic E-state index is -0.216. The number of carbonyl (C=O) groups excluding carboxylic acids is 1. The molecule has 2 aromatic carbocycles. The highest BCUT2D eigenvalue weighted by molar-refractivity contribution is 6.00. The van der Waals surface area contributed by atoms with Crippen molar-refractivity contribution in [1.29, 1.82) is 0 Å². The molecule has 1 saturated heterocycles. The molecule has 2 aliphatic heterocycles. The molecule has 178 valence electrons. The quantitative estimate of drug-likeness (QED) is 0.486. The van der Waals surface area contributed by atoms with Crippen LogP contribution in [0.5, 0.6) is 5.75 Å². The zero-order chi connectivity index (χ0) is 23.3. The molecule has 1 aromatic heterocycles. The van der Waals surface area contributed by atoms with Gasteiger partial charge in [0.2, 0.25) is 0 Å². The Morgan fingerprint density at radius 1 is 1.09 bits per heavy atom. The molecule has 3 aromatic rings. The van der Waals surface area contributed by atoms with Crippen molar-refractivity contribution in [2.75, 3.05) is 46.0 Å². The van der Waals surface area contributed by atoms with Crippen molar-refractivity contribution in [3.05, 3.63) is 71.4 Å². The number of nitrogens with zero attached hydrogens (tertiary/aromatic N) is 3. The lowest BCUT2D eigenvalue weighted by Gasteiger charge is -2.31. The van der Waals surface area contributed by atoms with E-state index in [1.165, 1.54) is 0 Å². The lowest BCUT2D eigenvalue weighted by Crippen LogP contribution is -2.42. The van der Waals surface area contributed by atoms with E-state index < -0.39 is 0 Å². The summed E-state index contributed by atoms with van der Waals surface area (Å²) in [5.41, 5.74) is 4.41. The van der Waals surface area contributed by atoms with Crippen LogP contribution >= 0.6 is 0 Å². The van der Waals surface area contributed by atoms with Gasteiger partial charge in [-0.1, -0.05) is 55.8 Å². The van der Waals surface area contributed by atoms with Crippen LogP contribution in [-0.4, -0.2) is 71.9 Å². The molecule has 2 aliphatic rings. The van der Waals surface area contributed by atoms with Gasteiger partial charge in [0, 0.05) is 37.3 Å². The fourth-order valence-corrected chi connectivity index (χ4v) is 4.77. The number of amides is 1. The van der Waals surface area contributed by atoms with Crippen molar-refractivity contribution < 1.29 is 14.3 Å². The summed E-state index contributed by atoms with van der Waals surface area (Å²) in [5.74, 6) is 0.838. The monoisotopic (exact) mass is 460 g/mol. The highest BCUT2D eigenvalue weighted by Gasteiger charge is 2.42. The van der Waals surface area contributed by atoms with E-state index in [1.807, 2.05) is 47.4 Å². The molecule has 5 rings (SSSR count). The van der Waals surface area contributed by atoms with Crippen LogP contribution in [0.4, 0.5) is 0 Å². The summed E-state index contributed by atoms with van der Waals surface area (Å²) in [4.78, 5) is 17.9. The Bertz CT molecular complexity index is 1110. The number of hydrogen-bond acceptors (Lipinski definition) is 5. The van der Waals surface area contributed by atoms with Crippen LogP contribution in [0.1, 0.15) is 47.4 Å². The predicted molar refractivity (Wildman–Crippen MR) is 131 cm³/mol. The number of unbranched alkanes of at least 4 members (excludes halogenated alkanes) is 1. The zero-order valence-electron chi connectivity index (χ0n) is 19.7. The van der Waals surface area contributed by atoms with Crippen LogP contribution < -0.4 is 4.74 Å². The standard InChI is InChI=1S/C27H32N4O3/c1-2-3-16-34-22-11-7-10-21(19-22)26-23-24(20-8-5-4-6-9-20)28-29-25(23)27(32)31(26)13-12-30-14-17-33-18-15-30/h4-11,19,26H,2-3,12-18H2,1H3,(H,28,29). The molecule has 34 heavy (non-hydrogen) atoms. The Labute approximate surface area is 200 Å². The van der Waals surface area contributed by atoms with Gasteiger partial charge >= 0.3 is 0 Å². The number of morpholine rings is 1. The first-order valence-corrected chi connectivity index (χ1v) is 12.2. The van der Waals surface area contributed by atoms with Gasteiger partial charge in [-0.3, -0.25) is 14.8 Å². The van der Waals surface area contributed by atoms with Crippen molar-refractivity contribution in [1.82, 2.24) is 20.0 Å². The third-order valence-corrected chi connectivity index (χ3v) is 6.61. The minimum Gasteiger partial charge on any atom is -0.494 e. The van der Waals surface area contributed by atoms with Gasteiger partial charge in [-0.15, -0.1) is 0 Å². The number of aromatic amines is 1. The number of nitrogens with one attached hydrogen (secondary N) is 1. The maximum absolute atomic E-state index is 13.6. The smallest absolute Gasteiger partial charge is 0.273 e. The number of ether oxygens (including phenoxy) is 2. The van der Waals surface area contributed by atoms with Gasteiger partial charge in [0.05, 0.1) is 31.6 Å². The Hall–Kier alpha value is -3.16. The molecule has 0 aliphatic carbocycles. The molecule has 7 heteroatoms. The summed E-state index contributed by atoms with van der Waals surface area (Å²) in [5, 5.41) is 7.62. The summed E-state index contributed by atoms with van der Waals surface area (Å²) < 4.78 is 11.5. The Morgan fingerprint density at radius 2 is 1.91 bits per heavy atom. The Kier molecular flexibility index (Phi) is 6.92. The first kappa shape index (κ1) is 22.6. The van der Waals surface area contributed by atoms with E-state index in [0.29, 0.717) is 18.8 Å². The summed E-state index contributed by atoms with van der Waals surface area (Å²) in [6, 6.07) is 18.0. The number of H-pyrrole nitrogens is 1. The van der Waals surface area contributed by atoms with E-state index in [0.717, 1.165) is 73.8 Å². The van der Waals surface area contributed by atoms with Crippen LogP contribution in [0.3, 0.4) is 0 Å². The third kappa shape index (κ3) is 4.58. The van der Waals surface area contributed by atoms with Crippen molar-refractivity contribution in [2.24, 2.45) is 0 Å². The van der Waals surface area contributed by atoms with Gasteiger partial charge in [-0.25, -0.2) is 0 Å². The lowest BCUT2D eigenvalue weighted by molar-refractivity contribution is 0.0316. The van der Waals surface area contributed by atoms with Crippen LogP contribution in [0.2, 0.25) is 0 Å². The summed E-state index contributed by atoms with van der Waals surface area (Å²) in [7, 11) is 0. The van der Waals surface area contributed by atoms with E-state index in [4.69, 9.17) is 9.47 Å². The maximum Gasteiger partial charge on any atom is 0.273 e. The van der Waals surface area contributed by atoms with Crippen molar-refractivity contribution in [2.45, 2.75) is 25.8 Å². The molecular weight excluding hydrogens is 428 g/mol. The van der Waals surface area contributed by atoms with Gasteiger partial charge in [0.25, 0.3) is 5.91 Å². The normalized spacial score (nSPS) is 18.3. The van der Waals surface area contributed by atoms with Crippen LogP contribution in [0.15, 0.2) is 54.6 Å². The van der Waals surface area contributed by atoms with Gasteiger partial charge in [0.15, 0.2) is 0 Å². The molecule has 1 amide bonds. The molecule has 1 atom stereocenters. The molecule has 1 unspecified atom stereocenters. The zero-order valence-corrected chi connectivity index (χ0v) is 19.7. The first-order chi connectivity index (χ1) is 16.8. The highest BCUT2D eigenvalue weighted by atomic mass is 16.5. The minimum absolute atomic E-state index is 0.000227. The highest BCUT2D eigenvalue weighted by Crippen LogP contribution is 2.43. The van der Waals surface area contributed by atoms with Crippen molar-refractivity contribution in [3.63, 3.8) is 0 Å². The number of rotatable bonds is 9. The Balaban J connectivity index is 1.49. The van der Waals surface area contributed by atoms with Crippen molar-refractivity contribution in [3.8, 4) is 17.0 Å². The number of benzene rings is 2. The van der Waals surface area contributed by atoms with Gasteiger partial charge in [-0.2, -0.15) is 5.10 Å². The van der Waals surface area contributed by atoms with Crippen LogP contribution in [0, 0.1) is 0 Å². The fraction of sp³-hybridized carbons (Fsp3) is 0.407. The summed E-state index contributed by atoms with van der Waals surface area (Å²) in [6.07, 6.45) is 2.10. The second-order valence-electron chi connectivity index (χ2n) is 8.86. The second kappa shape index (κ2) is 10.4. The van der Waals surface area contributed by atoms with Gasteiger partial charge < -0.3 is 14.4 Å². The average molecular weight is 461 g/mol. The largest absolute Gasteiger partial charge is 0.494 e. The van der Waals surface area contributed by atoms with E-state index in [9.17, 15) is 4.79 Å². The summed E-state index contributed by atoms with van der Waals surface area (Å²) in [6.45, 7) is 7.59. The SMILES string of the molecule is CCCCOc1cccc(C2c3c(-c4ccccc4)n[nH]c3C(=O)N2CCN2CCOCC2)c1. The molecule has 3 heterocycles. The molecule has 0 radical (unpaired) electrons. The van der Waals surface area contributed by atoms with Crippen LogP contribution in [-0.2, 0) is 4.74 Å². The maximum atomic E-state index is 13.6. The number of fused-ring (bicyclic) bond motifs is 1. The number of aromatic nitrogens is 2. The molecular formula is C27H32N4O3. The molecule has 0 bridgehead atoms. The number of carbonyl (C=O) groups is 1. The van der Waals surface area contributed by atoms with E-state index in [2.05, 4.69) is 34.2 Å². The van der Waals surface area contributed by atoms with E-state index >= 15 is 0 Å². The molecule has 1 N–H and O–H groups in total.